The fourth-order valence-corrected chi connectivity index (χ4v) is 3.18. The summed E-state index contributed by atoms with van der Waals surface area (Å²) in [4.78, 5) is 14.2. The molecule has 1 fully saturated rings. The van der Waals surface area contributed by atoms with Crippen LogP contribution in [0.25, 0.3) is 0 Å². The van der Waals surface area contributed by atoms with E-state index in [2.05, 4.69) is 31.9 Å². The summed E-state index contributed by atoms with van der Waals surface area (Å²) in [6.07, 6.45) is 2.14. The molecule has 2 rings (SSSR count). The molecule has 1 aliphatic rings. The molecule has 5 heteroatoms. The lowest BCUT2D eigenvalue weighted by atomic mass is 9.98. The number of halogens is 3. The average molecular weight is 396 g/mol. The third-order valence-electron chi connectivity index (χ3n) is 3.29. The number of alkyl halides is 1. The lowest BCUT2D eigenvalue weighted by Gasteiger charge is -2.31. The molecule has 0 aromatic heterocycles. The molecule has 1 saturated heterocycles. The molecule has 0 radical (unpaired) electrons. The first kappa shape index (κ1) is 14.4. The number of likely N-dealkylation sites (tertiary alicyclic amines) is 1. The molecule has 98 valence electrons. The monoisotopic (exact) mass is 393 g/mol. The highest BCUT2D eigenvalue weighted by Gasteiger charge is 2.23. The van der Waals surface area contributed by atoms with E-state index in [1.165, 1.54) is 0 Å². The van der Waals surface area contributed by atoms with Gasteiger partial charge in [0.25, 0.3) is 5.91 Å². The van der Waals surface area contributed by atoms with Gasteiger partial charge in [0.15, 0.2) is 0 Å². The predicted octanol–water partition coefficient (Wildman–Crippen LogP) is 4.35. The summed E-state index contributed by atoms with van der Waals surface area (Å²) < 4.78 is 0.818. The Labute approximate surface area is 129 Å². The molecule has 1 aliphatic heterocycles. The van der Waals surface area contributed by atoms with Crippen LogP contribution < -0.4 is 0 Å². The van der Waals surface area contributed by atoms with Crippen molar-refractivity contribution in [3.8, 4) is 0 Å². The summed E-state index contributed by atoms with van der Waals surface area (Å²) in [7, 11) is 0. The van der Waals surface area contributed by atoms with Crippen molar-refractivity contribution >= 4 is 49.4 Å². The number of nitrogens with zero attached hydrogens (tertiary/aromatic N) is 1. The van der Waals surface area contributed by atoms with Crippen LogP contribution in [0.1, 0.15) is 23.2 Å². The van der Waals surface area contributed by atoms with Gasteiger partial charge in [0, 0.05) is 28.5 Å². The van der Waals surface area contributed by atoms with Crippen molar-refractivity contribution in [2.24, 2.45) is 5.92 Å². The number of rotatable bonds is 2. The Morgan fingerprint density at radius 1 is 1.39 bits per heavy atom. The highest BCUT2D eigenvalue weighted by atomic mass is 79.9. The Bertz CT molecular complexity index is 445. The van der Waals surface area contributed by atoms with Crippen LogP contribution in [0.2, 0.25) is 5.02 Å². The van der Waals surface area contributed by atoms with E-state index < -0.39 is 0 Å². The van der Waals surface area contributed by atoms with Gasteiger partial charge in [0.05, 0.1) is 5.02 Å². The fraction of sp³-hybridized carbons (Fsp3) is 0.462. The van der Waals surface area contributed by atoms with Crippen molar-refractivity contribution in [1.82, 2.24) is 4.90 Å². The van der Waals surface area contributed by atoms with Crippen molar-refractivity contribution in [1.29, 1.82) is 0 Å². The smallest absolute Gasteiger partial charge is 0.253 e. The van der Waals surface area contributed by atoms with Crippen LogP contribution in [-0.2, 0) is 0 Å². The fourth-order valence-electron chi connectivity index (χ4n) is 2.10. The maximum Gasteiger partial charge on any atom is 0.253 e. The molecule has 0 spiro atoms. The number of piperidine rings is 1. The lowest BCUT2D eigenvalue weighted by molar-refractivity contribution is 0.0699. The molecule has 2 nitrogen and oxygen atoms in total. The second-order valence-corrected chi connectivity index (χ2v) is 6.43. The van der Waals surface area contributed by atoms with Crippen LogP contribution in [-0.4, -0.2) is 29.2 Å². The molecule has 0 bridgehead atoms. The van der Waals surface area contributed by atoms with Crippen molar-refractivity contribution in [2.75, 3.05) is 18.4 Å². The van der Waals surface area contributed by atoms with E-state index in [-0.39, 0.29) is 5.91 Å². The molecular formula is C13H14Br2ClNO. The maximum absolute atomic E-state index is 12.3. The van der Waals surface area contributed by atoms with E-state index in [1.807, 2.05) is 17.0 Å². The van der Waals surface area contributed by atoms with E-state index in [0.29, 0.717) is 16.5 Å². The SMILES string of the molecule is O=C(c1ccc(Br)c(Cl)c1)N1CCC(CBr)CC1. The molecule has 1 aromatic rings. The summed E-state index contributed by atoms with van der Waals surface area (Å²) >= 11 is 12.9. The number of benzene rings is 1. The van der Waals surface area contributed by atoms with Crippen molar-refractivity contribution in [2.45, 2.75) is 12.8 Å². The normalized spacial score (nSPS) is 16.9. The minimum atomic E-state index is 0.0809. The van der Waals surface area contributed by atoms with Crippen molar-refractivity contribution < 1.29 is 4.79 Å². The summed E-state index contributed by atoms with van der Waals surface area (Å²) in [5.41, 5.74) is 0.667. The molecule has 0 atom stereocenters. The number of hydrogen-bond acceptors (Lipinski definition) is 1. The standard InChI is InChI=1S/C13H14Br2ClNO/c14-8-9-3-5-17(6-4-9)13(18)10-1-2-11(15)12(16)7-10/h1-2,7,9H,3-6,8H2. The Hall–Kier alpha value is -0.0600. The molecular weight excluding hydrogens is 381 g/mol. The van der Waals surface area contributed by atoms with Crippen molar-refractivity contribution in [3.63, 3.8) is 0 Å². The van der Waals surface area contributed by atoms with E-state index in [0.717, 1.165) is 35.7 Å². The first-order valence-corrected chi connectivity index (χ1v) is 8.21. The van der Waals surface area contributed by atoms with Crippen LogP contribution in [0.15, 0.2) is 22.7 Å². The summed E-state index contributed by atoms with van der Waals surface area (Å²) in [5.74, 6) is 0.778. The van der Waals surface area contributed by atoms with Gasteiger partial charge < -0.3 is 4.90 Å². The van der Waals surface area contributed by atoms with Crippen LogP contribution in [0.3, 0.4) is 0 Å². The van der Waals surface area contributed by atoms with Crippen LogP contribution in [0, 0.1) is 5.92 Å². The van der Waals surface area contributed by atoms with Gasteiger partial charge in [-0.25, -0.2) is 0 Å². The highest BCUT2D eigenvalue weighted by Crippen LogP contribution is 2.25. The number of amides is 1. The average Bonchev–Trinajstić information content (AvgIpc) is 2.41. The van der Waals surface area contributed by atoms with E-state index in [9.17, 15) is 4.79 Å². The third-order valence-corrected chi connectivity index (χ3v) is 5.43. The Morgan fingerprint density at radius 2 is 2.06 bits per heavy atom. The third kappa shape index (κ3) is 3.28. The molecule has 0 unspecified atom stereocenters. The van der Waals surface area contributed by atoms with Crippen LogP contribution >= 0.6 is 43.5 Å². The quantitative estimate of drug-likeness (QED) is 0.682. The minimum Gasteiger partial charge on any atom is -0.339 e. The Kier molecular flexibility index (Phi) is 5.10. The summed E-state index contributed by atoms with van der Waals surface area (Å²) in [6.45, 7) is 1.67. The molecule has 1 heterocycles. The topological polar surface area (TPSA) is 20.3 Å². The number of carbonyl (C=O) groups excluding carboxylic acids is 1. The second kappa shape index (κ2) is 6.40. The predicted molar refractivity (Wildman–Crippen MR) is 81.6 cm³/mol. The molecule has 18 heavy (non-hydrogen) atoms. The minimum absolute atomic E-state index is 0.0809. The second-order valence-electron chi connectivity index (χ2n) is 4.52. The molecule has 1 amide bonds. The van der Waals surface area contributed by atoms with Crippen LogP contribution in [0.4, 0.5) is 0 Å². The van der Waals surface area contributed by atoms with Crippen molar-refractivity contribution in [3.05, 3.63) is 33.3 Å². The first-order chi connectivity index (χ1) is 8.61. The number of carbonyl (C=O) groups is 1. The van der Waals surface area contributed by atoms with Gasteiger partial charge in [-0.3, -0.25) is 4.79 Å². The highest BCUT2D eigenvalue weighted by molar-refractivity contribution is 9.10. The van der Waals surface area contributed by atoms with Gasteiger partial charge >= 0.3 is 0 Å². The molecule has 0 saturated carbocycles. The zero-order chi connectivity index (χ0) is 13.1. The van der Waals surface area contributed by atoms with E-state index in [1.54, 1.807) is 6.07 Å². The van der Waals surface area contributed by atoms with Gasteiger partial charge in [-0.05, 0) is 52.9 Å². The largest absolute Gasteiger partial charge is 0.339 e. The molecule has 0 N–H and O–H groups in total. The van der Waals surface area contributed by atoms with Gasteiger partial charge in [-0.1, -0.05) is 27.5 Å². The Balaban J connectivity index is 2.05. The molecule has 0 aliphatic carbocycles. The zero-order valence-electron chi connectivity index (χ0n) is 9.83. The van der Waals surface area contributed by atoms with E-state index in [4.69, 9.17) is 11.6 Å². The van der Waals surface area contributed by atoms with Gasteiger partial charge in [0.2, 0.25) is 0 Å². The van der Waals surface area contributed by atoms with Gasteiger partial charge in [0.1, 0.15) is 0 Å². The summed E-state index contributed by atoms with van der Waals surface area (Å²) in [6, 6.07) is 5.36. The summed E-state index contributed by atoms with van der Waals surface area (Å²) in [5, 5.41) is 1.61. The maximum atomic E-state index is 12.3. The number of hydrogen-bond donors (Lipinski definition) is 0. The van der Waals surface area contributed by atoms with Crippen LogP contribution in [0.5, 0.6) is 0 Å². The van der Waals surface area contributed by atoms with Gasteiger partial charge in [-0.15, -0.1) is 0 Å². The first-order valence-electron chi connectivity index (χ1n) is 5.92. The zero-order valence-corrected chi connectivity index (χ0v) is 13.8. The van der Waals surface area contributed by atoms with E-state index >= 15 is 0 Å². The van der Waals surface area contributed by atoms with Gasteiger partial charge in [-0.2, -0.15) is 0 Å². The Morgan fingerprint density at radius 3 is 2.61 bits per heavy atom. The lowest BCUT2D eigenvalue weighted by Crippen LogP contribution is -2.38. The molecule has 1 aromatic carbocycles.